The average molecular weight is 429 g/mol. The lowest BCUT2D eigenvalue weighted by atomic mass is 9.68. The van der Waals surface area contributed by atoms with Crippen LogP contribution in [0.15, 0.2) is 24.3 Å². The largest absolute Gasteiger partial charge is 0.269 e. The molecule has 1 aromatic rings. The number of allylic oxidation sites excluding steroid dienone is 2. The smallest absolute Gasteiger partial charge is 0.251 e. The summed E-state index contributed by atoms with van der Waals surface area (Å²) in [5, 5.41) is 0. The highest BCUT2D eigenvalue weighted by Crippen LogP contribution is 2.42. The number of rotatable bonds is 8. The number of hydrogen-bond donors (Lipinski definition) is 0. The van der Waals surface area contributed by atoms with Gasteiger partial charge in [-0.1, -0.05) is 25.0 Å². The van der Waals surface area contributed by atoms with E-state index < -0.39 is 23.6 Å². The zero-order valence-electron chi connectivity index (χ0n) is 17.6. The van der Waals surface area contributed by atoms with Gasteiger partial charge in [0.2, 0.25) is 0 Å². The van der Waals surface area contributed by atoms with Crippen LogP contribution >= 0.6 is 0 Å². The van der Waals surface area contributed by atoms with Crippen LogP contribution in [0.2, 0.25) is 0 Å². The lowest BCUT2D eigenvalue weighted by Gasteiger charge is -2.37. The third-order valence-electron chi connectivity index (χ3n) is 7.26. The Labute approximate surface area is 176 Å². The van der Waals surface area contributed by atoms with Crippen molar-refractivity contribution < 1.29 is 22.0 Å². The molecule has 30 heavy (non-hydrogen) atoms. The molecule has 2 aliphatic rings. The second-order valence-electron chi connectivity index (χ2n) is 9.17. The molecule has 0 unspecified atom stereocenters. The van der Waals surface area contributed by atoms with Crippen LogP contribution in [0.3, 0.4) is 0 Å². The molecule has 0 heterocycles. The molecule has 0 nitrogen and oxygen atoms in total. The third kappa shape index (κ3) is 6.31. The summed E-state index contributed by atoms with van der Waals surface area (Å²) in [6.45, 7) is -0.278. The van der Waals surface area contributed by atoms with E-state index in [9.17, 15) is 22.0 Å². The van der Waals surface area contributed by atoms with Crippen molar-refractivity contribution in [3.8, 4) is 0 Å². The maximum atomic E-state index is 13.8. The SMILES string of the molecule is FCCC=C[C@H]1CC[C@H]([C@H]2CC[C@H](CCc3cc(F)c(C(F)F)c(F)c3)CC2)CC1. The molecule has 1 aromatic carbocycles. The van der Waals surface area contributed by atoms with Gasteiger partial charge in [-0.2, -0.15) is 0 Å². The van der Waals surface area contributed by atoms with Gasteiger partial charge in [0, 0.05) is 0 Å². The Kier molecular flexibility index (Phi) is 8.76. The Balaban J connectivity index is 1.40. The van der Waals surface area contributed by atoms with E-state index in [1.54, 1.807) is 0 Å². The Bertz CT molecular complexity index is 660. The second-order valence-corrected chi connectivity index (χ2v) is 9.17. The Morgan fingerprint density at radius 2 is 1.43 bits per heavy atom. The summed E-state index contributed by atoms with van der Waals surface area (Å²) in [4.78, 5) is 0. The minimum atomic E-state index is -3.13. The fourth-order valence-electron chi connectivity index (χ4n) is 5.47. The van der Waals surface area contributed by atoms with Crippen LogP contribution in [0, 0.1) is 35.3 Å². The van der Waals surface area contributed by atoms with Crippen LogP contribution < -0.4 is 0 Å². The maximum absolute atomic E-state index is 13.8. The number of alkyl halides is 3. The van der Waals surface area contributed by atoms with E-state index in [2.05, 4.69) is 6.08 Å². The first-order valence-corrected chi connectivity index (χ1v) is 11.5. The van der Waals surface area contributed by atoms with Crippen LogP contribution in [0.1, 0.15) is 81.8 Å². The van der Waals surface area contributed by atoms with Gasteiger partial charge in [0.1, 0.15) is 11.6 Å². The molecule has 0 spiro atoms. The minimum absolute atomic E-state index is 0.278. The van der Waals surface area contributed by atoms with Gasteiger partial charge < -0.3 is 0 Å². The quantitative estimate of drug-likeness (QED) is 0.288. The van der Waals surface area contributed by atoms with Crippen molar-refractivity contribution in [2.24, 2.45) is 23.7 Å². The van der Waals surface area contributed by atoms with Gasteiger partial charge in [0.15, 0.2) is 0 Å². The lowest BCUT2D eigenvalue weighted by Crippen LogP contribution is -2.25. The average Bonchev–Trinajstić information content (AvgIpc) is 2.73. The van der Waals surface area contributed by atoms with Crippen LogP contribution in [0.4, 0.5) is 22.0 Å². The van der Waals surface area contributed by atoms with Gasteiger partial charge in [-0.15, -0.1) is 0 Å². The molecule has 168 valence electrons. The van der Waals surface area contributed by atoms with Crippen molar-refractivity contribution in [1.82, 2.24) is 0 Å². The highest BCUT2D eigenvalue weighted by Gasteiger charge is 2.30. The maximum Gasteiger partial charge on any atom is 0.269 e. The molecule has 0 aliphatic heterocycles. The van der Waals surface area contributed by atoms with Crippen LogP contribution in [-0.4, -0.2) is 6.67 Å². The van der Waals surface area contributed by atoms with Crippen LogP contribution in [-0.2, 0) is 6.42 Å². The standard InChI is InChI=1S/C25H33F5/c26-14-2-1-3-17-6-10-20(11-7-17)21-12-8-18(9-13-21)4-5-19-15-22(27)24(25(29)30)23(28)16-19/h1,3,15-18,20-21,25H,2,4-14H2/t17-,18-,20-,21-. The lowest BCUT2D eigenvalue weighted by molar-refractivity contribution is 0.141. The molecule has 0 amide bonds. The predicted molar refractivity (Wildman–Crippen MR) is 110 cm³/mol. The molecule has 2 fully saturated rings. The van der Waals surface area contributed by atoms with E-state index in [-0.39, 0.29) is 6.67 Å². The summed E-state index contributed by atoms with van der Waals surface area (Å²) < 4.78 is 65.1. The molecule has 5 heteroatoms. The molecule has 0 bridgehead atoms. The Morgan fingerprint density at radius 1 is 0.867 bits per heavy atom. The van der Waals surface area contributed by atoms with E-state index in [1.807, 2.05) is 6.08 Å². The molecular formula is C25H33F5. The normalized spacial score (nSPS) is 27.8. The molecule has 0 atom stereocenters. The Morgan fingerprint density at radius 3 is 1.97 bits per heavy atom. The zero-order chi connectivity index (χ0) is 21.5. The highest BCUT2D eigenvalue weighted by molar-refractivity contribution is 5.27. The molecular weight excluding hydrogens is 395 g/mol. The summed E-state index contributed by atoms with van der Waals surface area (Å²) in [6, 6.07) is 2.13. The Hall–Kier alpha value is -1.39. The topological polar surface area (TPSA) is 0 Å². The molecule has 0 radical (unpaired) electrons. The van der Waals surface area contributed by atoms with Crippen LogP contribution in [0.25, 0.3) is 0 Å². The molecule has 0 N–H and O–H groups in total. The molecule has 0 aromatic heterocycles. The summed E-state index contributed by atoms with van der Waals surface area (Å²) in [7, 11) is 0. The summed E-state index contributed by atoms with van der Waals surface area (Å²) >= 11 is 0. The van der Waals surface area contributed by atoms with Crippen molar-refractivity contribution >= 4 is 0 Å². The molecule has 3 rings (SSSR count). The van der Waals surface area contributed by atoms with Gasteiger partial charge >= 0.3 is 0 Å². The summed E-state index contributed by atoms with van der Waals surface area (Å²) in [6.07, 6.45) is 12.6. The first kappa shape index (κ1) is 23.3. The van der Waals surface area contributed by atoms with E-state index in [4.69, 9.17) is 0 Å². The van der Waals surface area contributed by atoms with Gasteiger partial charge in [0.25, 0.3) is 6.43 Å². The number of hydrogen-bond acceptors (Lipinski definition) is 0. The first-order valence-electron chi connectivity index (χ1n) is 11.5. The van der Waals surface area contributed by atoms with E-state index in [0.29, 0.717) is 30.2 Å². The van der Waals surface area contributed by atoms with E-state index in [1.165, 1.54) is 38.5 Å². The zero-order valence-corrected chi connectivity index (χ0v) is 17.6. The minimum Gasteiger partial charge on any atom is -0.251 e. The fraction of sp³-hybridized carbons (Fsp3) is 0.680. The highest BCUT2D eigenvalue weighted by atomic mass is 19.3. The van der Waals surface area contributed by atoms with E-state index >= 15 is 0 Å². The monoisotopic (exact) mass is 428 g/mol. The summed E-state index contributed by atoms with van der Waals surface area (Å²) in [5.41, 5.74) is -0.650. The van der Waals surface area contributed by atoms with Gasteiger partial charge in [-0.3, -0.25) is 4.39 Å². The molecule has 2 saturated carbocycles. The van der Waals surface area contributed by atoms with Crippen molar-refractivity contribution in [3.05, 3.63) is 47.0 Å². The van der Waals surface area contributed by atoms with Crippen LogP contribution in [0.5, 0.6) is 0 Å². The van der Waals surface area contributed by atoms with Gasteiger partial charge in [0.05, 0.1) is 12.2 Å². The van der Waals surface area contributed by atoms with Crippen molar-refractivity contribution in [2.75, 3.05) is 6.67 Å². The van der Waals surface area contributed by atoms with Gasteiger partial charge in [-0.25, -0.2) is 17.6 Å². The molecule has 2 aliphatic carbocycles. The summed E-state index contributed by atoms with van der Waals surface area (Å²) in [5.74, 6) is 0.445. The van der Waals surface area contributed by atoms with Gasteiger partial charge in [-0.05, 0) is 99.2 Å². The predicted octanol–water partition coefficient (Wildman–Crippen LogP) is 8.36. The van der Waals surface area contributed by atoms with E-state index in [0.717, 1.165) is 43.2 Å². The number of benzene rings is 1. The molecule has 0 saturated heterocycles. The third-order valence-corrected chi connectivity index (χ3v) is 7.26. The fourth-order valence-corrected chi connectivity index (χ4v) is 5.47. The second kappa shape index (κ2) is 11.3. The van der Waals surface area contributed by atoms with Crippen molar-refractivity contribution in [2.45, 2.75) is 77.1 Å². The first-order chi connectivity index (χ1) is 14.5. The van der Waals surface area contributed by atoms with Crippen molar-refractivity contribution in [1.29, 1.82) is 0 Å². The number of halogens is 5. The van der Waals surface area contributed by atoms with Crippen molar-refractivity contribution in [3.63, 3.8) is 0 Å². The number of aryl methyl sites for hydroxylation is 1.